The average Bonchev–Trinajstić information content (AvgIpc) is 2.68. The van der Waals surface area contributed by atoms with Crippen LogP contribution in [-0.2, 0) is 6.61 Å². The molecule has 3 rings (SSSR count). The lowest BCUT2D eigenvalue weighted by molar-refractivity contribution is 0.269. The van der Waals surface area contributed by atoms with Crippen LogP contribution in [0.1, 0.15) is 23.6 Å². The largest absolute Gasteiger partial charge is 0.490 e. The summed E-state index contributed by atoms with van der Waals surface area (Å²) in [5.41, 5.74) is 3.99. The molecule has 0 fully saturated rings. The number of hydrogen-bond donors (Lipinski definition) is 0. The summed E-state index contributed by atoms with van der Waals surface area (Å²) in [6, 6.07) is 19.7. The Morgan fingerprint density at radius 1 is 1.00 bits per heavy atom. The van der Waals surface area contributed by atoms with Crippen molar-refractivity contribution in [3.8, 4) is 11.5 Å². The van der Waals surface area contributed by atoms with Crippen LogP contribution in [0.25, 0.3) is 0 Å². The van der Waals surface area contributed by atoms with E-state index in [9.17, 15) is 0 Å². The van der Waals surface area contributed by atoms with Crippen molar-refractivity contribution in [2.24, 2.45) is 4.99 Å². The van der Waals surface area contributed by atoms with E-state index in [-0.39, 0.29) is 0 Å². The molecule has 0 bridgehead atoms. The van der Waals surface area contributed by atoms with Crippen molar-refractivity contribution in [1.29, 1.82) is 0 Å². The zero-order chi connectivity index (χ0) is 19.9. The second kappa shape index (κ2) is 9.76. The van der Waals surface area contributed by atoms with Gasteiger partial charge in [0.2, 0.25) is 0 Å². The van der Waals surface area contributed by atoms with Gasteiger partial charge in [0.1, 0.15) is 6.61 Å². The summed E-state index contributed by atoms with van der Waals surface area (Å²) < 4.78 is 12.7. The van der Waals surface area contributed by atoms with Crippen LogP contribution in [0.3, 0.4) is 0 Å². The third-order valence-corrected chi connectivity index (χ3v) is 4.83. The number of benzene rings is 3. The lowest BCUT2D eigenvalue weighted by Crippen LogP contribution is -2.01. The zero-order valence-electron chi connectivity index (χ0n) is 15.8. The highest BCUT2D eigenvalue weighted by Crippen LogP contribution is 2.37. The quantitative estimate of drug-likeness (QED) is 0.352. The second-order valence-corrected chi connectivity index (χ2v) is 7.59. The molecule has 0 aromatic heterocycles. The number of hydrogen-bond acceptors (Lipinski definition) is 3. The van der Waals surface area contributed by atoms with Gasteiger partial charge in [-0.1, -0.05) is 57.4 Å². The highest BCUT2D eigenvalue weighted by atomic mass is 79.9. The van der Waals surface area contributed by atoms with Gasteiger partial charge in [0, 0.05) is 10.7 Å². The number of aliphatic imine (C=N–C) groups is 1. The van der Waals surface area contributed by atoms with Crippen LogP contribution in [0.2, 0.25) is 5.02 Å². The Balaban J connectivity index is 1.80. The third kappa shape index (κ3) is 5.60. The van der Waals surface area contributed by atoms with Crippen LogP contribution < -0.4 is 9.47 Å². The molecule has 0 spiro atoms. The number of ether oxygens (including phenoxy) is 2. The predicted molar refractivity (Wildman–Crippen MR) is 120 cm³/mol. The van der Waals surface area contributed by atoms with E-state index >= 15 is 0 Å². The Kier molecular flexibility index (Phi) is 7.12. The van der Waals surface area contributed by atoms with Crippen molar-refractivity contribution in [1.82, 2.24) is 0 Å². The molecule has 0 heterocycles. The van der Waals surface area contributed by atoms with E-state index in [0.717, 1.165) is 21.3 Å². The van der Waals surface area contributed by atoms with E-state index in [4.69, 9.17) is 21.1 Å². The molecule has 144 valence electrons. The van der Waals surface area contributed by atoms with Crippen LogP contribution in [0.5, 0.6) is 11.5 Å². The van der Waals surface area contributed by atoms with Crippen LogP contribution in [-0.4, -0.2) is 12.8 Å². The molecule has 3 nitrogen and oxygen atoms in total. The van der Waals surface area contributed by atoms with E-state index < -0.39 is 0 Å². The van der Waals surface area contributed by atoms with Crippen LogP contribution in [0.4, 0.5) is 5.69 Å². The monoisotopic (exact) mass is 457 g/mol. The SMILES string of the molecule is CCOc1cc(C=Nc2ccc(C)cc2)cc(Cl)c1OCc1ccc(Br)cc1. The van der Waals surface area contributed by atoms with Crippen molar-refractivity contribution in [3.63, 3.8) is 0 Å². The molecule has 0 aliphatic carbocycles. The van der Waals surface area contributed by atoms with Gasteiger partial charge in [0.15, 0.2) is 11.5 Å². The fraction of sp³-hybridized carbons (Fsp3) is 0.174. The van der Waals surface area contributed by atoms with Gasteiger partial charge in [-0.05, 0) is 61.4 Å². The highest BCUT2D eigenvalue weighted by molar-refractivity contribution is 9.10. The average molecular weight is 459 g/mol. The lowest BCUT2D eigenvalue weighted by atomic mass is 10.2. The van der Waals surface area contributed by atoms with Crippen molar-refractivity contribution < 1.29 is 9.47 Å². The summed E-state index contributed by atoms with van der Waals surface area (Å²) in [5, 5.41) is 0.494. The molecule has 0 aliphatic heterocycles. The Hall–Kier alpha value is -2.30. The fourth-order valence-electron chi connectivity index (χ4n) is 2.58. The minimum absolute atomic E-state index is 0.407. The molecule has 3 aromatic rings. The van der Waals surface area contributed by atoms with Gasteiger partial charge in [-0.15, -0.1) is 0 Å². The summed E-state index contributed by atoms with van der Waals surface area (Å²) in [4.78, 5) is 4.51. The molecule has 28 heavy (non-hydrogen) atoms. The summed E-state index contributed by atoms with van der Waals surface area (Å²) in [7, 11) is 0. The summed E-state index contributed by atoms with van der Waals surface area (Å²) in [5.74, 6) is 1.15. The molecule has 5 heteroatoms. The first-order valence-corrected chi connectivity index (χ1v) is 10.2. The van der Waals surface area contributed by atoms with Crippen molar-refractivity contribution in [2.45, 2.75) is 20.5 Å². The first-order valence-electron chi connectivity index (χ1n) is 8.99. The minimum Gasteiger partial charge on any atom is -0.490 e. The van der Waals surface area contributed by atoms with Crippen LogP contribution >= 0.6 is 27.5 Å². The van der Waals surface area contributed by atoms with Gasteiger partial charge in [0.25, 0.3) is 0 Å². The third-order valence-electron chi connectivity index (χ3n) is 4.02. The second-order valence-electron chi connectivity index (χ2n) is 6.27. The van der Waals surface area contributed by atoms with Gasteiger partial charge in [0.05, 0.1) is 17.3 Å². The van der Waals surface area contributed by atoms with Gasteiger partial charge < -0.3 is 9.47 Å². The Morgan fingerprint density at radius 3 is 2.39 bits per heavy atom. The maximum absolute atomic E-state index is 6.49. The minimum atomic E-state index is 0.407. The lowest BCUT2D eigenvalue weighted by Gasteiger charge is -2.14. The van der Waals surface area contributed by atoms with Crippen molar-refractivity contribution in [2.75, 3.05) is 6.61 Å². The first kappa shape index (κ1) is 20.4. The van der Waals surface area contributed by atoms with Gasteiger partial charge in [-0.2, -0.15) is 0 Å². The van der Waals surface area contributed by atoms with Crippen molar-refractivity contribution in [3.05, 3.63) is 86.8 Å². The van der Waals surface area contributed by atoms with Gasteiger partial charge >= 0.3 is 0 Å². The molecule has 0 amide bonds. The number of aryl methyl sites for hydroxylation is 1. The van der Waals surface area contributed by atoms with E-state index in [1.807, 2.05) is 67.6 Å². The Bertz CT molecular complexity index is 954. The summed E-state index contributed by atoms with van der Waals surface area (Å²) >= 11 is 9.92. The normalized spacial score (nSPS) is 11.0. The first-order chi connectivity index (χ1) is 13.5. The highest BCUT2D eigenvalue weighted by Gasteiger charge is 2.12. The van der Waals surface area contributed by atoms with E-state index in [2.05, 4.69) is 27.8 Å². The molecule has 0 atom stereocenters. The van der Waals surface area contributed by atoms with Crippen LogP contribution in [0, 0.1) is 6.92 Å². The number of nitrogens with zero attached hydrogens (tertiary/aromatic N) is 1. The standard InChI is InChI=1S/C23H21BrClNO2/c1-3-27-22-13-18(14-26-20-10-4-16(2)5-11-20)12-21(25)23(22)28-15-17-6-8-19(24)9-7-17/h4-14H,3,15H2,1-2H3. The van der Waals surface area contributed by atoms with Crippen LogP contribution in [0.15, 0.2) is 70.1 Å². The molecular formula is C23H21BrClNO2. The van der Waals surface area contributed by atoms with Gasteiger partial charge in [-0.25, -0.2) is 0 Å². The van der Waals surface area contributed by atoms with E-state index in [1.165, 1.54) is 5.56 Å². The molecule has 0 aliphatic rings. The molecule has 3 aromatic carbocycles. The molecule has 0 radical (unpaired) electrons. The van der Waals surface area contributed by atoms with Crippen molar-refractivity contribution >= 4 is 39.4 Å². The predicted octanol–water partition coefficient (Wildman–Crippen LogP) is 7.14. The maximum Gasteiger partial charge on any atom is 0.180 e. The fourth-order valence-corrected chi connectivity index (χ4v) is 3.12. The molecule has 0 unspecified atom stereocenters. The van der Waals surface area contributed by atoms with E-state index in [0.29, 0.717) is 29.7 Å². The summed E-state index contributed by atoms with van der Waals surface area (Å²) in [6.07, 6.45) is 1.78. The molecule has 0 saturated carbocycles. The smallest absolute Gasteiger partial charge is 0.180 e. The molecular weight excluding hydrogens is 438 g/mol. The number of rotatable bonds is 7. The molecule has 0 saturated heterocycles. The maximum atomic E-state index is 6.49. The Morgan fingerprint density at radius 2 is 1.71 bits per heavy atom. The zero-order valence-corrected chi connectivity index (χ0v) is 18.1. The summed E-state index contributed by atoms with van der Waals surface area (Å²) in [6.45, 7) is 4.90. The molecule has 0 N–H and O–H groups in total. The van der Waals surface area contributed by atoms with E-state index in [1.54, 1.807) is 6.21 Å². The Labute approximate surface area is 179 Å². The van der Waals surface area contributed by atoms with Gasteiger partial charge in [-0.3, -0.25) is 4.99 Å². The topological polar surface area (TPSA) is 30.8 Å². The number of halogens is 2.